The molecule has 1 aromatic carbocycles. The minimum Gasteiger partial charge on any atom is -0.481 e. The van der Waals surface area contributed by atoms with Crippen molar-refractivity contribution >= 4 is 17.6 Å². The van der Waals surface area contributed by atoms with Gasteiger partial charge in [0, 0.05) is 17.1 Å². The number of rotatable bonds is 5. The van der Waals surface area contributed by atoms with Crippen LogP contribution in [0.1, 0.15) is 12.5 Å². The molecule has 1 heterocycles. The molecule has 2 rings (SSSR count). The smallest absolute Gasteiger partial charge is 0.310 e. The van der Waals surface area contributed by atoms with E-state index in [9.17, 15) is 9.90 Å². The highest BCUT2D eigenvalue weighted by Crippen LogP contribution is 2.22. The number of likely N-dealkylation sites (N-methyl/N-ethyl adjacent to an activating group) is 1. The quantitative estimate of drug-likeness (QED) is 0.906. The average Bonchev–Trinajstić information content (AvgIpc) is 2.90. The number of carboxylic acids is 1. The lowest BCUT2D eigenvalue weighted by molar-refractivity contribution is -0.143. The maximum absolute atomic E-state index is 11.2. The number of carbonyl (C=O) groups is 1. The Kier molecular flexibility index (Phi) is 5.02. The molecule has 1 aliphatic heterocycles. The molecule has 20 heavy (non-hydrogen) atoms. The first-order chi connectivity index (χ1) is 9.49. The third-order valence-corrected chi connectivity index (χ3v) is 4.28. The summed E-state index contributed by atoms with van der Waals surface area (Å²) in [5.41, 5.74) is 1.19. The maximum Gasteiger partial charge on any atom is 0.310 e. The Morgan fingerprint density at radius 3 is 2.70 bits per heavy atom. The molecule has 0 saturated carbocycles. The van der Waals surface area contributed by atoms with Crippen LogP contribution in [0.4, 0.5) is 0 Å². The molecule has 3 atom stereocenters. The van der Waals surface area contributed by atoms with E-state index in [-0.39, 0.29) is 12.1 Å². The average molecular weight is 298 g/mol. The SMILES string of the molecule is CC(Cc1ccc(Cl)cc1)N(C)C1COCC1C(=O)O. The van der Waals surface area contributed by atoms with Crippen molar-refractivity contribution in [2.24, 2.45) is 5.92 Å². The maximum atomic E-state index is 11.2. The van der Waals surface area contributed by atoms with Gasteiger partial charge in [-0.05, 0) is 38.1 Å². The summed E-state index contributed by atoms with van der Waals surface area (Å²) in [7, 11) is 1.97. The number of hydrogen-bond acceptors (Lipinski definition) is 3. The molecule has 0 radical (unpaired) electrons. The van der Waals surface area contributed by atoms with Crippen LogP contribution in [0.5, 0.6) is 0 Å². The Labute approximate surface area is 124 Å². The number of carboxylic acid groups (broad SMARTS) is 1. The number of halogens is 1. The molecule has 0 amide bonds. The number of aliphatic carboxylic acids is 1. The van der Waals surface area contributed by atoms with E-state index in [1.54, 1.807) is 0 Å². The molecule has 5 heteroatoms. The number of hydrogen-bond donors (Lipinski definition) is 1. The summed E-state index contributed by atoms with van der Waals surface area (Å²) in [6.07, 6.45) is 0.858. The van der Waals surface area contributed by atoms with Crippen molar-refractivity contribution in [3.8, 4) is 0 Å². The highest BCUT2D eigenvalue weighted by atomic mass is 35.5. The largest absolute Gasteiger partial charge is 0.481 e. The van der Waals surface area contributed by atoms with E-state index in [1.807, 2.05) is 31.3 Å². The Morgan fingerprint density at radius 2 is 2.10 bits per heavy atom. The first kappa shape index (κ1) is 15.3. The van der Waals surface area contributed by atoms with Crippen molar-refractivity contribution < 1.29 is 14.6 Å². The summed E-state index contributed by atoms with van der Waals surface area (Å²) in [4.78, 5) is 13.3. The van der Waals surface area contributed by atoms with E-state index >= 15 is 0 Å². The van der Waals surface area contributed by atoms with E-state index in [2.05, 4.69) is 11.8 Å². The second kappa shape index (κ2) is 6.57. The number of nitrogens with zero attached hydrogens (tertiary/aromatic N) is 1. The Morgan fingerprint density at radius 1 is 1.45 bits per heavy atom. The van der Waals surface area contributed by atoms with Crippen LogP contribution in [-0.2, 0) is 16.0 Å². The number of benzene rings is 1. The molecule has 1 aromatic rings. The highest BCUT2D eigenvalue weighted by molar-refractivity contribution is 6.30. The highest BCUT2D eigenvalue weighted by Gasteiger charge is 2.37. The Balaban J connectivity index is 1.99. The molecule has 3 unspecified atom stereocenters. The van der Waals surface area contributed by atoms with Crippen LogP contribution in [0.2, 0.25) is 5.02 Å². The fourth-order valence-corrected chi connectivity index (χ4v) is 2.74. The summed E-state index contributed by atoms with van der Waals surface area (Å²) < 4.78 is 5.33. The van der Waals surface area contributed by atoms with Crippen LogP contribution < -0.4 is 0 Å². The van der Waals surface area contributed by atoms with Gasteiger partial charge in [-0.3, -0.25) is 9.69 Å². The Bertz CT molecular complexity index is 463. The van der Waals surface area contributed by atoms with Crippen LogP contribution >= 0.6 is 11.6 Å². The third kappa shape index (κ3) is 3.51. The molecule has 0 spiro atoms. The van der Waals surface area contributed by atoms with Gasteiger partial charge in [0.15, 0.2) is 0 Å². The standard InChI is InChI=1S/C15H20ClNO3/c1-10(7-11-3-5-12(16)6-4-11)17(2)14-9-20-8-13(14)15(18)19/h3-6,10,13-14H,7-9H2,1-2H3,(H,18,19). The van der Waals surface area contributed by atoms with Gasteiger partial charge in [0.05, 0.1) is 19.1 Å². The molecule has 1 fully saturated rings. The second-order valence-electron chi connectivity index (χ2n) is 5.39. The third-order valence-electron chi connectivity index (χ3n) is 4.03. The molecule has 0 bridgehead atoms. The molecule has 1 saturated heterocycles. The monoisotopic (exact) mass is 297 g/mol. The lowest BCUT2D eigenvalue weighted by Gasteiger charge is -2.32. The zero-order chi connectivity index (χ0) is 14.7. The van der Waals surface area contributed by atoms with E-state index in [4.69, 9.17) is 16.3 Å². The van der Waals surface area contributed by atoms with E-state index in [0.29, 0.717) is 13.2 Å². The zero-order valence-electron chi connectivity index (χ0n) is 11.8. The van der Waals surface area contributed by atoms with Gasteiger partial charge in [0.1, 0.15) is 0 Å². The van der Waals surface area contributed by atoms with Crippen molar-refractivity contribution in [2.45, 2.75) is 25.4 Å². The minimum absolute atomic E-state index is 0.0604. The van der Waals surface area contributed by atoms with Crippen LogP contribution in [0.25, 0.3) is 0 Å². The normalized spacial score (nSPS) is 24.0. The minimum atomic E-state index is -0.780. The van der Waals surface area contributed by atoms with Gasteiger partial charge in [0.25, 0.3) is 0 Å². The molecule has 1 N–H and O–H groups in total. The van der Waals surface area contributed by atoms with Crippen molar-refractivity contribution in [1.82, 2.24) is 4.90 Å². The van der Waals surface area contributed by atoms with Crippen LogP contribution in [0.15, 0.2) is 24.3 Å². The molecule has 1 aliphatic rings. The van der Waals surface area contributed by atoms with Gasteiger partial charge < -0.3 is 9.84 Å². The molecular weight excluding hydrogens is 278 g/mol. The Hall–Kier alpha value is -1.10. The number of ether oxygens (including phenoxy) is 1. The van der Waals surface area contributed by atoms with Gasteiger partial charge in [-0.1, -0.05) is 23.7 Å². The van der Waals surface area contributed by atoms with Crippen molar-refractivity contribution in [1.29, 1.82) is 0 Å². The summed E-state index contributed by atoms with van der Waals surface area (Å²) in [6.45, 7) is 2.89. The first-order valence-electron chi connectivity index (χ1n) is 6.76. The lowest BCUT2D eigenvalue weighted by Crippen LogP contribution is -2.45. The van der Waals surface area contributed by atoms with E-state index < -0.39 is 11.9 Å². The van der Waals surface area contributed by atoms with Gasteiger partial charge in [0.2, 0.25) is 0 Å². The zero-order valence-corrected chi connectivity index (χ0v) is 12.5. The van der Waals surface area contributed by atoms with Crippen molar-refractivity contribution in [3.05, 3.63) is 34.9 Å². The summed E-state index contributed by atoms with van der Waals surface area (Å²) >= 11 is 5.88. The van der Waals surface area contributed by atoms with E-state index in [0.717, 1.165) is 11.4 Å². The molecule has 0 aromatic heterocycles. The fourth-order valence-electron chi connectivity index (χ4n) is 2.61. The fraction of sp³-hybridized carbons (Fsp3) is 0.533. The van der Waals surface area contributed by atoms with Crippen LogP contribution in [0.3, 0.4) is 0 Å². The van der Waals surface area contributed by atoms with E-state index in [1.165, 1.54) is 5.56 Å². The molecule has 0 aliphatic carbocycles. The first-order valence-corrected chi connectivity index (χ1v) is 7.13. The van der Waals surface area contributed by atoms with Gasteiger partial charge in [-0.2, -0.15) is 0 Å². The van der Waals surface area contributed by atoms with Gasteiger partial charge >= 0.3 is 5.97 Å². The summed E-state index contributed by atoms with van der Waals surface area (Å²) in [5, 5.41) is 9.94. The van der Waals surface area contributed by atoms with Gasteiger partial charge in [-0.25, -0.2) is 0 Å². The molecule has 4 nitrogen and oxygen atoms in total. The summed E-state index contributed by atoms with van der Waals surface area (Å²) in [5.74, 6) is -1.22. The molecule has 110 valence electrons. The predicted octanol–water partition coefficient (Wildman–Crippen LogP) is 2.30. The topological polar surface area (TPSA) is 49.8 Å². The predicted molar refractivity (Wildman–Crippen MR) is 78.1 cm³/mol. The van der Waals surface area contributed by atoms with Gasteiger partial charge in [-0.15, -0.1) is 0 Å². The van der Waals surface area contributed by atoms with Crippen molar-refractivity contribution in [2.75, 3.05) is 20.3 Å². The summed E-state index contributed by atoms with van der Waals surface area (Å²) in [6, 6.07) is 7.95. The molecular formula is C15H20ClNO3. The van der Waals surface area contributed by atoms with Crippen LogP contribution in [-0.4, -0.2) is 48.3 Å². The van der Waals surface area contributed by atoms with Crippen LogP contribution in [0, 0.1) is 5.92 Å². The van der Waals surface area contributed by atoms with Crippen molar-refractivity contribution in [3.63, 3.8) is 0 Å². The second-order valence-corrected chi connectivity index (χ2v) is 5.83. The lowest BCUT2D eigenvalue weighted by atomic mass is 9.99.